The Labute approximate surface area is 109 Å². The maximum Gasteiger partial charge on any atom is 0.234 e. The van der Waals surface area contributed by atoms with Crippen LogP contribution in [-0.2, 0) is 20.8 Å². The number of piperidine rings is 1. The molecule has 0 saturated carbocycles. The highest BCUT2D eigenvalue weighted by molar-refractivity contribution is 6.31. The van der Waals surface area contributed by atoms with Crippen molar-refractivity contribution in [2.75, 3.05) is 0 Å². The maximum absolute atomic E-state index is 11.7. The van der Waals surface area contributed by atoms with Crippen molar-refractivity contribution in [3.05, 3.63) is 34.3 Å². The standard InChI is InChI=1S/C13H12ClNO3/c14-11-7-8(5-6-16)1-2-9(11)10-3-4-12(17)15-13(10)18/h1-2,6-7,10H,3-5H2,(H,15,17,18). The number of halogens is 1. The number of nitrogens with one attached hydrogen (secondary N) is 1. The normalized spacial score (nSPS) is 19.5. The van der Waals surface area contributed by atoms with Crippen LogP contribution in [0.4, 0.5) is 0 Å². The number of amides is 2. The highest BCUT2D eigenvalue weighted by Crippen LogP contribution is 2.31. The van der Waals surface area contributed by atoms with Crippen LogP contribution in [0.1, 0.15) is 29.9 Å². The second-order valence-electron chi connectivity index (χ2n) is 4.23. The fourth-order valence-electron chi connectivity index (χ4n) is 2.07. The van der Waals surface area contributed by atoms with Crippen LogP contribution in [-0.4, -0.2) is 18.1 Å². The second kappa shape index (κ2) is 5.31. The monoisotopic (exact) mass is 265 g/mol. The Morgan fingerprint density at radius 2 is 2.17 bits per heavy atom. The summed E-state index contributed by atoms with van der Waals surface area (Å²) in [4.78, 5) is 33.2. The van der Waals surface area contributed by atoms with E-state index in [-0.39, 0.29) is 17.7 Å². The molecule has 1 aromatic carbocycles. The van der Waals surface area contributed by atoms with Gasteiger partial charge in [-0.2, -0.15) is 0 Å². The number of rotatable bonds is 3. The first-order chi connectivity index (χ1) is 8.61. The summed E-state index contributed by atoms with van der Waals surface area (Å²) in [6.07, 6.45) is 1.90. The number of hydrogen-bond acceptors (Lipinski definition) is 3. The molecule has 1 heterocycles. The molecule has 0 spiro atoms. The summed E-state index contributed by atoms with van der Waals surface area (Å²) in [5.41, 5.74) is 1.52. The average molecular weight is 266 g/mol. The summed E-state index contributed by atoms with van der Waals surface area (Å²) >= 11 is 6.12. The van der Waals surface area contributed by atoms with Crippen LogP contribution < -0.4 is 5.32 Å². The second-order valence-corrected chi connectivity index (χ2v) is 4.64. The molecule has 1 N–H and O–H groups in total. The Morgan fingerprint density at radius 1 is 1.39 bits per heavy atom. The van der Waals surface area contributed by atoms with Crippen LogP contribution in [0.2, 0.25) is 5.02 Å². The van der Waals surface area contributed by atoms with Crippen LogP contribution in [0, 0.1) is 0 Å². The van der Waals surface area contributed by atoms with Crippen molar-refractivity contribution in [3.63, 3.8) is 0 Å². The smallest absolute Gasteiger partial charge is 0.234 e. The van der Waals surface area contributed by atoms with E-state index in [1.165, 1.54) is 0 Å². The predicted molar refractivity (Wildman–Crippen MR) is 66.3 cm³/mol. The summed E-state index contributed by atoms with van der Waals surface area (Å²) in [6, 6.07) is 5.22. The van der Waals surface area contributed by atoms with Gasteiger partial charge < -0.3 is 4.79 Å². The fourth-order valence-corrected chi connectivity index (χ4v) is 2.40. The first-order valence-corrected chi connectivity index (χ1v) is 6.05. The van der Waals surface area contributed by atoms with Crippen molar-refractivity contribution in [2.24, 2.45) is 0 Å². The maximum atomic E-state index is 11.7. The van der Waals surface area contributed by atoms with E-state index in [4.69, 9.17) is 11.6 Å². The van der Waals surface area contributed by atoms with E-state index in [2.05, 4.69) is 5.32 Å². The van der Waals surface area contributed by atoms with Crippen LogP contribution in [0.3, 0.4) is 0 Å². The molecule has 1 aromatic rings. The number of carbonyl (C=O) groups is 3. The molecule has 1 unspecified atom stereocenters. The molecule has 4 nitrogen and oxygen atoms in total. The van der Waals surface area contributed by atoms with Gasteiger partial charge >= 0.3 is 0 Å². The van der Waals surface area contributed by atoms with Crippen molar-refractivity contribution in [3.8, 4) is 0 Å². The zero-order valence-electron chi connectivity index (χ0n) is 9.61. The molecule has 18 heavy (non-hydrogen) atoms. The molecule has 2 rings (SSSR count). The lowest BCUT2D eigenvalue weighted by Gasteiger charge is -2.22. The van der Waals surface area contributed by atoms with Gasteiger partial charge in [-0.25, -0.2) is 0 Å². The van der Waals surface area contributed by atoms with Crippen molar-refractivity contribution >= 4 is 29.7 Å². The molecule has 1 aliphatic heterocycles. The molecule has 1 fully saturated rings. The predicted octanol–water partition coefficient (Wildman–Crippen LogP) is 1.60. The third-order valence-corrected chi connectivity index (χ3v) is 3.33. The number of aldehydes is 1. The van der Waals surface area contributed by atoms with Gasteiger partial charge in [0.15, 0.2) is 0 Å². The minimum absolute atomic E-state index is 0.245. The van der Waals surface area contributed by atoms with Gasteiger partial charge in [0, 0.05) is 17.9 Å². The van der Waals surface area contributed by atoms with Gasteiger partial charge in [-0.3, -0.25) is 14.9 Å². The minimum Gasteiger partial charge on any atom is -0.303 e. The zero-order valence-corrected chi connectivity index (χ0v) is 10.4. The molecule has 2 amide bonds. The van der Waals surface area contributed by atoms with E-state index >= 15 is 0 Å². The highest BCUT2D eigenvalue weighted by atomic mass is 35.5. The van der Waals surface area contributed by atoms with Gasteiger partial charge in [0.05, 0.1) is 5.92 Å². The Hall–Kier alpha value is -1.68. The molecule has 0 aliphatic carbocycles. The Bertz CT molecular complexity index is 513. The zero-order chi connectivity index (χ0) is 13.1. The quantitative estimate of drug-likeness (QED) is 0.667. The number of carbonyl (C=O) groups excluding carboxylic acids is 3. The van der Waals surface area contributed by atoms with Crippen molar-refractivity contribution in [1.29, 1.82) is 0 Å². The first-order valence-electron chi connectivity index (χ1n) is 5.67. The van der Waals surface area contributed by atoms with Crippen LogP contribution in [0.25, 0.3) is 0 Å². The summed E-state index contributed by atoms with van der Waals surface area (Å²) < 4.78 is 0. The van der Waals surface area contributed by atoms with Gasteiger partial charge in [-0.05, 0) is 23.6 Å². The third-order valence-electron chi connectivity index (χ3n) is 3.00. The van der Waals surface area contributed by atoms with Gasteiger partial charge in [0.2, 0.25) is 11.8 Å². The molecule has 0 bridgehead atoms. The lowest BCUT2D eigenvalue weighted by atomic mass is 9.90. The average Bonchev–Trinajstić information content (AvgIpc) is 2.31. The number of hydrogen-bond donors (Lipinski definition) is 1. The SMILES string of the molecule is O=CCc1ccc(C2CCC(=O)NC2=O)c(Cl)c1. The first kappa shape index (κ1) is 12.8. The molecule has 1 atom stereocenters. The van der Waals surface area contributed by atoms with E-state index in [1.807, 2.05) is 0 Å². The van der Waals surface area contributed by atoms with Crippen LogP contribution in [0.5, 0.6) is 0 Å². The molecule has 0 radical (unpaired) electrons. The molecular formula is C13H12ClNO3. The van der Waals surface area contributed by atoms with E-state index in [0.717, 1.165) is 11.8 Å². The summed E-state index contributed by atoms with van der Waals surface area (Å²) in [7, 11) is 0. The van der Waals surface area contributed by atoms with E-state index in [9.17, 15) is 14.4 Å². The highest BCUT2D eigenvalue weighted by Gasteiger charge is 2.29. The lowest BCUT2D eigenvalue weighted by Crippen LogP contribution is -2.39. The molecule has 94 valence electrons. The van der Waals surface area contributed by atoms with Gasteiger partial charge in [-0.15, -0.1) is 0 Å². The third kappa shape index (κ3) is 2.59. The summed E-state index contributed by atoms with van der Waals surface area (Å²) in [5, 5.41) is 2.76. The van der Waals surface area contributed by atoms with Crippen molar-refractivity contribution < 1.29 is 14.4 Å². The van der Waals surface area contributed by atoms with Gasteiger partial charge in [-0.1, -0.05) is 23.7 Å². The number of benzene rings is 1. The molecule has 1 aliphatic rings. The fraction of sp³-hybridized carbons (Fsp3) is 0.308. The van der Waals surface area contributed by atoms with Crippen LogP contribution in [0.15, 0.2) is 18.2 Å². The Kier molecular flexibility index (Phi) is 3.77. The van der Waals surface area contributed by atoms with Crippen molar-refractivity contribution in [1.82, 2.24) is 5.32 Å². The molecular weight excluding hydrogens is 254 g/mol. The number of imide groups is 1. The van der Waals surface area contributed by atoms with Crippen LogP contribution >= 0.6 is 11.6 Å². The molecule has 0 aromatic heterocycles. The van der Waals surface area contributed by atoms with E-state index in [1.54, 1.807) is 18.2 Å². The van der Waals surface area contributed by atoms with Crippen molar-refractivity contribution in [2.45, 2.75) is 25.2 Å². The molecule has 1 saturated heterocycles. The summed E-state index contributed by atoms with van der Waals surface area (Å²) in [5.74, 6) is -0.943. The largest absolute Gasteiger partial charge is 0.303 e. The Balaban J connectivity index is 2.25. The van der Waals surface area contributed by atoms with E-state index < -0.39 is 0 Å². The lowest BCUT2D eigenvalue weighted by molar-refractivity contribution is -0.134. The van der Waals surface area contributed by atoms with Gasteiger partial charge in [0.25, 0.3) is 0 Å². The molecule has 5 heteroatoms. The van der Waals surface area contributed by atoms with E-state index in [0.29, 0.717) is 29.8 Å². The topological polar surface area (TPSA) is 63.2 Å². The minimum atomic E-state index is -0.388. The van der Waals surface area contributed by atoms with Gasteiger partial charge in [0.1, 0.15) is 6.29 Å². The Morgan fingerprint density at radius 3 is 2.78 bits per heavy atom. The summed E-state index contributed by atoms with van der Waals surface area (Å²) in [6.45, 7) is 0.